The number of benzene rings is 2. The number of hydrazine groups is 2. The minimum atomic E-state index is -0.599. The summed E-state index contributed by atoms with van der Waals surface area (Å²) in [5.74, 6) is -2.98. The molecule has 50 heavy (non-hydrogen) atoms. The van der Waals surface area contributed by atoms with Crippen molar-refractivity contribution in [2.24, 2.45) is 11.8 Å². The van der Waals surface area contributed by atoms with Crippen molar-refractivity contribution in [3.63, 3.8) is 0 Å². The van der Waals surface area contributed by atoms with Crippen LogP contribution in [0.2, 0.25) is 0 Å². The molecule has 10 nitrogen and oxygen atoms in total. The fourth-order valence-electron chi connectivity index (χ4n) is 6.15. The second-order valence-electron chi connectivity index (χ2n) is 13.4. The number of para-hydroxylation sites is 2. The summed E-state index contributed by atoms with van der Waals surface area (Å²) in [5.41, 5.74) is 11.6. The van der Waals surface area contributed by atoms with Gasteiger partial charge in [-0.15, -0.1) is 0 Å². The molecule has 2 atom stereocenters. The Hall–Kier alpha value is -4.08. The molecule has 0 aliphatic rings. The fraction of sp³-hybridized carbons (Fsp3) is 0.600. The van der Waals surface area contributed by atoms with Gasteiger partial charge in [0.1, 0.15) is 11.5 Å². The lowest BCUT2D eigenvalue weighted by Crippen LogP contribution is -2.45. The molecule has 2 rings (SSSR count). The van der Waals surface area contributed by atoms with Gasteiger partial charge in [-0.1, -0.05) is 116 Å². The van der Waals surface area contributed by atoms with Gasteiger partial charge in [0.15, 0.2) is 0 Å². The van der Waals surface area contributed by atoms with Crippen molar-refractivity contribution in [3.05, 3.63) is 58.7 Å². The Kier molecular flexibility index (Phi) is 20.3. The number of amides is 4. The van der Waals surface area contributed by atoms with Gasteiger partial charge in [0.25, 0.3) is 11.8 Å². The number of phenols is 2. The van der Waals surface area contributed by atoms with E-state index in [1.54, 1.807) is 12.1 Å². The Morgan fingerprint density at radius 2 is 0.940 bits per heavy atom. The number of rotatable bonds is 23. The normalized spacial score (nSPS) is 12.2. The van der Waals surface area contributed by atoms with Crippen LogP contribution >= 0.6 is 0 Å². The number of carbonyl (C=O) groups excluding carboxylic acids is 4. The van der Waals surface area contributed by atoms with Gasteiger partial charge in [0.05, 0.1) is 11.1 Å². The van der Waals surface area contributed by atoms with Crippen LogP contribution in [0.15, 0.2) is 36.4 Å². The molecule has 2 unspecified atom stereocenters. The van der Waals surface area contributed by atoms with Gasteiger partial charge in [-0.05, 0) is 74.6 Å². The van der Waals surface area contributed by atoms with Gasteiger partial charge in [0.2, 0.25) is 11.8 Å². The molecule has 0 radical (unpaired) electrons. The number of hydrogen-bond donors (Lipinski definition) is 6. The average Bonchev–Trinajstić information content (AvgIpc) is 3.11. The van der Waals surface area contributed by atoms with Crippen molar-refractivity contribution in [1.82, 2.24) is 21.7 Å². The minimum Gasteiger partial charge on any atom is -0.507 e. The summed E-state index contributed by atoms with van der Waals surface area (Å²) in [5, 5.41) is 21.5. The quantitative estimate of drug-likeness (QED) is 0.0512. The highest BCUT2D eigenvalue weighted by Crippen LogP contribution is 2.26. The lowest BCUT2D eigenvalue weighted by atomic mass is 9.90. The van der Waals surface area contributed by atoms with Crippen molar-refractivity contribution >= 4 is 23.6 Å². The molecule has 0 fully saturated rings. The van der Waals surface area contributed by atoms with E-state index >= 15 is 0 Å². The highest BCUT2D eigenvalue weighted by atomic mass is 16.3. The molecule has 0 aliphatic heterocycles. The summed E-state index contributed by atoms with van der Waals surface area (Å²) < 4.78 is 0. The monoisotopic (exact) mass is 694 g/mol. The highest BCUT2D eigenvalue weighted by molar-refractivity contribution is 5.99. The molecule has 0 aromatic heterocycles. The molecular formula is C40H62N4O6. The molecule has 6 N–H and O–H groups in total. The first-order valence-corrected chi connectivity index (χ1v) is 19.0. The van der Waals surface area contributed by atoms with E-state index in [-0.39, 0.29) is 34.4 Å². The van der Waals surface area contributed by atoms with E-state index < -0.39 is 23.7 Å². The summed E-state index contributed by atoms with van der Waals surface area (Å²) >= 11 is 0. The highest BCUT2D eigenvalue weighted by Gasteiger charge is 2.25. The van der Waals surface area contributed by atoms with E-state index in [4.69, 9.17) is 0 Å². The first-order valence-electron chi connectivity index (χ1n) is 19.0. The Bertz CT molecular complexity index is 1350. The molecule has 4 amide bonds. The van der Waals surface area contributed by atoms with Crippen molar-refractivity contribution in [2.45, 2.75) is 143 Å². The Morgan fingerprint density at radius 1 is 0.520 bits per heavy atom. The number of phenolic OH excluding ortho intramolecular Hbond substituents is 2. The van der Waals surface area contributed by atoms with Crippen molar-refractivity contribution in [3.8, 4) is 11.5 Å². The van der Waals surface area contributed by atoms with Crippen LogP contribution in [0.3, 0.4) is 0 Å². The molecule has 10 heteroatoms. The zero-order valence-corrected chi connectivity index (χ0v) is 30.9. The Balaban J connectivity index is 1.92. The maximum Gasteiger partial charge on any atom is 0.273 e. The van der Waals surface area contributed by atoms with Crippen LogP contribution in [-0.2, 0) is 22.4 Å². The Morgan fingerprint density at radius 3 is 1.38 bits per heavy atom. The maximum atomic E-state index is 13.2. The van der Waals surface area contributed by atoms with Crippen LogP contribution in [0.5, 0.6) is 11.5 Å². The molecule has 2 aromatic carbocycles. The van der Waals surface area contributed by atoms with E-state index in [0.29, 0.717) is 49.7 Å². The van der Waals surface area contributed by atoms with Gasteiger partial charge in [-0.25, -0.2) is 0 Å². The molecule has 0 bridgehead atoms. The lowest BCUT2D eigenvalue weighted by Gasteiger charge is -2.21. The van der Waals surface area contributed by atoms with E-state index in [1.807, 2.05) is 26.0 Å². The molecule has 0 saturated carbocycles. The fourth-order valence-corrected chi connectivity index (χ4v) is 6.15. The van der Waals surface area contributed by atoms with Crippen molar-refractivity contribution in [1.29, 1.82) is 0 Å². The molecule has 0 aliphatic carbocycles. The van der Waals surface area contributed by atoms with E-state index in [2.05, 4.69) is 35.6 Å². The predicted octanol–water partition coefficient (Wildman–Crippen LogP) is 7.96. The van der Waals surface area contributed by atoms with E-state index in [0.717, 1.165) is 64.2 Å². The smallest absolute Gasteiger partial charge is 0.273 e. The third kappa shape index (κ3) is 14.4. The topological polar surface area (TPSA) is 157 Å². The van der Waals surface area contributed by atoms with Gasteiger partial charge in [-0.3, -0.25) is 40.9 Å². The Labute approximate surface area is 299 Å². The first kappa shape index (κ1) is 42.1. The number of hydrogen-bond acceptors (Lipinski definition) is 6. The van der Waals surface area contributed by atoms with Crippen LogP contribution in [0.4, 0.5) is 0 Å². The zero-order valence-electron chi connectivity index (χ0n) is 30.9. The van der Waals surface area contributed by atoms with Crippen molar-refractivity contribution < 1.29 is 29.4 Å². The number of aromatic hydroxyl groups is 2. The van der Waals surface area contributed by atoms with E-state index in [9.17, 15) is 29.4 Å². The maximum absolute atomic E-state index is 13.2. The second kappa shape index (κ2) is 24.1. The number of carbonyl (C=O) groups is 4. The first-order chi connectivity index (χ1) is 24.2. The summed E-state index contributed by atoms with van der Waals surface area (Å²) in [7, 11) is 0. The van der Waals surface area contributed by atoms with Gasteiger partial charge in [-0.2, -0.15) is 0 Å². The van der Waals surface area contributed by atoms with Crippen molar-refractivity contribution in [2.75, 3.05) is 0 Å². The lowest BCUT2D eigenvalue weighted by molar-refractivity contribution is -0.128. The van der Waals surface area contributed by atoms with Crippen LogP contribution in [0.1, 0.15) is 162 Å². The molecule has 2 aromatic rings. The third-order valence-corrected chi connectivity index (χ3v) is 9.43. The summed E-state index contributed by atoms with van der Waals surface area (Å²) in [6.45, 7) is 8.22. The van der Waals surface area contributed by atoms with Gasteiger partial charge >= 0.3 is 0 Å². The largest absolute Gasteiger partial charge is 0.507 e. The van der Waals surface area contributed by atoms with Crippen LogP contribution < -0.4 is 21.7 Å². The second-order valence-corrected chi connectivity index (χ2v) is 13.4. The predicted molar refractivity (Wildman–Crippen MR) is 198 cm³/mol. The summed E-state index contributed by atoms with van der Waals surface area (Å²) in [6.07, 6.45) is 15.8. The average molecular weight is 695 g/mol. The third-order valence-electron chi connectivity index (χ3n) is 9.43. The molecule has 0 saturated heterocycles. The zero-order chi connectivity index (χ0) is 36.7. The van der Waals surface area contributed by atoms with Gasteiger partial charge in [0, 0.05) is 11.8 Å². The number of aryl methyl sites for hydroxylation is 2. The summed E-state index contributed by atoms with van der Waals surface area (Å²) in [6, 6.07) is 10.1. The van der Waals surface area contributed by atoms with Gasteiger partial charge < -0.3 is 10.2 Å². The van der Waals surface area contributed by atoms with E-state index in [1.165, 1.54) is 25.0 Å². The minimum absolute atomic E-state index is 0.0677. The number of unbranched alkanes of at least 4 members (excludes halogenated alkanes) is 9. The number of nitrogens with one attached hydrogen (secondary N) is 4. The molecule has 278 valence electrons. The SMILES string of the molecule is CCCCCCCc1cccc(C(=O)NNC(=O)C(CC)CCC(CCCC)C(=O)NNC(=O)c2cccc(CCCCCCC)c2O)c1O. The molecular weight excluding hydrogens is 632 g/mol. The van der Waals surface area contributed by atoms with Crippen LogP contribution in [0.25, 0.3) is 0 Å². The standard InChI is InChI=1S/C40H62N4O6/c1-5-9-12-14-16-21-30-23-18-25-33(35(30)45)39(49)43-41-37(47)29(8-4)27-28-32(20-11-7-3)38(48)42-44-40(50)34-26-19-24-31(36(34)46)22-17-15-13-10-6-2/h18-19,23-26,29,32,45-46H,5-17,20-22,27-28H2,1-4H3,(H,41,47)(H,42,48)(H,43,49)(H,44,50). The van der Waals surface area contributed by atoms with Crippen LogP contribution in [0, 0.1) is 11.8 Å². The molecule has 0 spiro atoms. The van der Waals surface area contributed by atoms with Crippen LogP contribution in [-0.4, -0.2) is 33.8 Å². The molecule has 0 heterocycles. The summed E-state index contributed by atoms with van der Waals surface area (Å²) in [4.78, 5) is 52.1.